The summed E-state index contributed by atoms with van der Waals surface area (Å²) in [6.45, 7) is 2.24. The van der Waals surface area contributed by atoms with Crippen LogP contribution in [0.25, 0.3) is 0 Å². The van der Waals surface area contributed by atoms with Gasteiger partial charge < -0.3 is 10.5 Å². The van der Waals surface area contributed by atoms with Gasteiger partial charge in [-0.1, -0.05) is 0 Å². The van der Waals surface area contributed by atoms with Crippen molar-refractivity contribution in [3.05, 3.63) is 12.3 Å². The fourth-order valence-corrected chi connectivity index (χ4v) is 0.654. The number of ether oxygens (including phenoxy) is 1. The largest absolute Gasteiger partial charge is 0.483 e. The maximum atomic E-state index is 12.9. The molecule has 0 fully saturated rings. The summed E-state index contributed by atoms with van der Waals surface area (Å²) in [5, 5.41) is 0. The molecule has 70 valence electrons. The molecule has 0 unspecified atom stereocenters. The number of hydrogen-bond acceptors (Lipinski definition) is 5. The van der Waals surface area contributed by atoms with Crippen LogP contribution in [0.3, 0.4) is 0 Å². The zero-order chi connectivity index (χ0) is 9.68. The fourth-order valence-electron chi connectivity index (χ4n) is 0.654. The van der Waals surface area contributed by atoms with Crippen LogP contribution >= 0.6 is 0 Å². The second-order valence-corrected chi connectivity index (χ2v) is 2.09. The predicted molar refractivity (Wildman–Crippen MR) is 46.2 cm³/mol. The van der Waals surface area contributed by atoms with Crippen LogP contribution in [0.1, 0.15) is 6.92 Å². The molecule has 1 aromatic heterocycles. The number of aromatic nitrogens is 2. The van der Waals surface area contributed by atoms with Gasteiger partial charge in [0, 0.05) is 0 Å². The third-order valence-electron chi connectivity index (χ3n) is 1.23. The number of hydrogen-bond donors (Lipinski definition) is 1. The molecule has 2 N–H and O–H groups in total. The minimum Gasteiger partial charge on any atom is -0.483 e. The number of nitrogens with zero attached hydrogens (tertiary/aromatic N) is 3. The van der Waals surface area contributed by atoms with Gasteiger partial charge in [-0.3, -0.25) is 0 Å². The number of nitrogens with two attached hydrogens (primary N) is 1. The molecule has 0 aliphatic carbocycles. The molecular weight excluding hydrogens is 175 g/mol. The van der Waals surface area contributed by atoms with Gasteiger partial charge in [0.25, 0.3) is 0 Å². The van der Waals surface area contributed by atoms with Crippen molar-refractivity contribution in [2.45, 2.75) is 6.92 Å². The standard InChI is InChI=1S/C7H9FN4O/c1-2-13-4-12-5-6(8)10-3-11-7(5)9/h3-4H,2H2,1H3,(H2,9,10,11). The van der Waals surface area contributed by atoms with E-state index in [2.05, 4.69) is 15.0 Å². The molecule has 0 spiro atoms. The third kappa shape index (κ3) is 2.36. The van der Waals surface area contributed by atoms with Gasteiger partial charge in [-0.25, -0.2) is 15.0 Å². The van der Waals surface area contributed by atoms with Gasteiger partial charge in [0.15, 0.2) is 17.9 Å². The first-order valence-corrected chi connectivity index (χ1v) is 3.65. The van der Waals surface area contributed by atoms with Crippen molar-refractivity contribution >= 4 is 17.9 Å². The lowest BCUT2D eigenvalue weighted by molar-refractivity contribution is 0.343. The van der Waals surface area contributed by atoms with Gasteiger partial charge in [-0.15, -0.1) is 0 Å². The van der Waals surface area contributed by atoms with Crippen molar-refractivity contribution in [2.24, 2.45) is 4.99 Å². The van der Waals surface area contributed by atoms with Gasteiger partial charge in [0.2, 0.25) is 5.95 Å². The molecule has 0 atom stereocenters. The van der Waals surface area contributed by atoms with Crippen molar-refractivity contribution in [1.82, 2.24) is 9.97 Å². The molecule has 6 heteroatoms. The second kappa shape index (κ2) is 4.34. The number of anilines is 1. The topological polar surface area (TPSA) is 73.4 Å². The minimum absolute atomic E-state index is 0.0107. The van der Waals surface area contributed by atoms with Crippen LogP contribution in [0, 0.1) is 5.95 Å². The summed E-state index contributed by atoms with van der Waals surface area (Å²) in [6.07, 6.45) is 2.14. The average molecular weight is 184 g/mol. The first kappa shape index (κ1) is 9.37. The van der Waals surface area contributed by atoms with E-state index in [1.165, 1.54) is 0 Å². The van der Waals surface area contributed by atoms with Crippen molar-refractivity contribution in [3.8, 4) is 0 Å². The second-order valence-electron chi connectivity index (χ2n) is 2.09. The molecular formula is C7H9FN4O. The maximum absolute atomic E-state index is 12.9. The van der Waals surface area contributed by atoms with Crippen LogP contribution in [0.2, 0.25) is 0 Å². The van der Waals surface area contributed by atoms with Gasteiger partial charge >= 0.3 is 0 Å². The van der Waals surface area contributed by atoms with Crippen LogP contribution in [0.15, 0.2) is 11.3 Å². The Morgan fingerprint density at radius 2 is 2.46 bits per heavy atom. The van der Waals surface area contributed by atoms with E-state index in [9.17, 15) is 4.39 Å². The van der Waals surface area contributed by atoms with Crippen LogP contribution in [-0.4, -0.2) is 23.0 Å². The van der Waals surface area contributed by atoms with Gasteiger partial charge in [-0.2, -0.15) is 4.39 Å². The molecule has 0 bridgehead atoms. The number of halogens is 1. The van der Waals surface area contributed by atoms with E-state index in [0.29, 0.717) is 6.61 Å². The molecule has 1 aromatic rings. The lowest BCUT2D eigenvalue weighted by atomic mass is 10.5. The molecule has 0 aliphatic rings. The molecule has 0 amide bonds. The summed E-state index contributed by atoms with van der Waals surface area (Å²) in [7, 11) is 0. The first-order valence-electron chi connectivity index (χ1n) is 3.65. The smallest absolute Gasteiger partial charge is 0.244 e. The summed E-state index contributed by atoms with van der Waals surface area (Å²) >= 11 is 0. The van der Waals surface area contributed by atoms with Crippen LogP contribution < -0.4 is 5.73 Å². The molecule has 0 aliphatic heterocycles. The molecule has 0 saturated heterocycles. The summed E-state index contributed by atoms with van der Waals surface area (Å²) in [5.41, 5.74) is 5.24. The Bertz CT molecular complexity index is 295. The SMILES string of the molecule is CCOC=Nc1c(N)ncnc1F. The maximum Gasteiger partial charge on any atom is 0.244 e. The lowest BCUT2D eigenvalue weighted by Gasteiger charge is -1.98. The van der Waals surface area contributed by atoms with E-state index >= 15 is 0 Å². The molecule has 1 rings (SSSR count). The average Bonchev–Trinajstić information content (AvgIpc) is 2.10. The highest BCUT2D eigenvalue weighted by Crippen LogP contribution is 2.20. The molecule has 0 aromatic carbocycles. The molecule has 0 saturated carbocycles. The van der Waals surface area contributed by atoms with E-state index in [1.54, 1.807) is 6.92 Å². The van der Waals surface area contributed by atoms with E-state index in [-0.39, 0.29) is 11.5 Å². The Balaban J connectivity index is 2.87. The Labute approximate surface area is 74.5 Å². The van der Waals surface area contributed by atoms with Crippen molar-refractivity contribution < 1.29 is 9.13 Å². The Morgan fingerprint density at radius 3 is 3.08 bits per heavy atom. The minimum atomic E-state index is -0.761. The fraction of sp³-hybridized carbons (Fsp3) is 0.286. The summed E-state index contributed by atoms with van der Waals surface area (Å²) in [5.74, 6) is -0.771. The lowest BCUT2D eigenvalue weighted by Crippen LogP contribution is -1.95. The third-order valence-corrected chi connectivity index (χ3v) is 1.23. The zero-order valence-electron chi connectivity index (χ0n) is 7.07. The predicted octanol–water partition coefficient (Wildman–Crippen LogP) is 0.894. The van der Waals surface area contributed by atoms with E-state index in [0.717, 1.165) is 12.7 Å². The number of rotatable bonds is 3. The van der Waals surface area contributed by atoms with Crippen LogP contribution in [-0.2, 0) is 4.74 Å². The van der Waals surface area contributed by atoms with Crippen molar-refractivity contribution in [1.29, 1.82) is 0 Å². The number of aliphatic imine (C=N–C) groups is 1. The van der Waals surface area contributed by atoms with Gasteiger partial charge in [0.1, 0.15) is 6.33 Å². The number of nitrogen functional groups attached to an aromatic ring is 1. The normalized spacial score (nSPS) is 10.6. The summed E-state index contributed by atoms with van der Waals surface area (Å²) in [6, 6.07) is 0. The van der Waals surface area contributed by atoms with Crippen molar-refractivity contribution in [2.75, 3.05) is 12.3 Å². The molecule has 0 radical (unpaired) electrons. The van der Waals surface area contributed by atoms with Crippen LogP contribution in [0.5, 0.6) is 0 Å². The summed E-state index contributed by atoms with van der Waals surface area (Å²) in [4.78, 5) is 10.5. The van der Waals surface area contributed by atoms with E-state index in [1.807, 2.05) is 0 Å². The van der Waals surface area contributed by atoms with E-state index < -0.39 is 5.95 Å². The highest BCUT2D eigenvalue weighted by Gasteiger charge is 2.05. The zero-order valence-corrected chi connectivity index (χ0v) is 7.07. The van der Waals surface area contributed by atoms with Crippen LogP contribution in [0.4, 0.5) is 15.9 Å². The summed E-state index contributed by atoms with van der Waals surface area (Å²) < 4.78 is 17.7. The quantitative estimate of drug-likeness (QED) is 0.430. The Morgan fingerprint density at radius 1 is 1.69 bits per heavy atom. The molecule has 1 heterocycles. The highest BCUT2D eigenvalue weighted by atomic mass is 19.1. The Kier molecular flexibility index (Phi) is 3.13. The molecule has 5 nitrogen and oxygen atoms in total. The van der Waals surface area contributed by atoms with E-state index in [4.69, 9.17) is 10.5 Å². The molecule has 13 heavy (non-hydrogen) atoms. The monoisotopic (exact) mass is 184 g/mol. The van der Waals surface area contributed by atoms with Gasteiger partial charge in [-0.05, 0) is 6.92 Å². The Hall–Kier alpha value is -1.72. The first-order chi connectivity index (χ1) is 6.25. The highest BCUT2D eigenvalue weighted by molar-refractivity contribution is 5.63. The van der Waals surface area contributed by atoms with Gasteiger partial charge in [0.05, 0.1) is 6.61 Å². The van der Waals surface area contributed by atoms with Crippen molar-refractivity contribution in [3.63, 3.8) is 0 Å².